The molecule has 0 aliphatic carbocycles. The van der Waals surface area contributed by atoms with Crippen molar-refractivity contribution in [2.75, 3.05) is 18.0 Å². The Hall–Kier alpha value is -1.53. The zero-order valence-electron chi connectivity index (χ0n) is 11.2. The van der Waals surface area contributed by atoms with E-state index < -0.39 is 5.82 Å². The van der Waals surface area contributed by atoms with Crippen molar-refractivity contribution in [1.29, 1.82) is 0 Å². The van der Waals surface area contributed by atoms with Crippen molar-refractivity contribution in [2.45, 2.75) is 19.4 Å². The van der Waals surface area contributed by atoms with Crippen molar-refractivity contribution in [3.8, 4) is 0 Å². The minimum atomic E-state index is -0.443. The molecule has 20 heavy (non-hydrogen) atoms. The van der Waals surface area contributed by atoms with Crippen molar-refractivity contribution in [1.82, 2.24) is 15.0 Å². The van der Waals surface area contributed by atoms with Crippen molar-refractivity contribution in [2.24, 2.45) is 11.7 Å². The largest absolute Gasteiger partial charge is 0.353 e. The summed E-state index contributed by atoms with van der Waals surface area (Å²) in [5.74, 6) is 0.718. The molecule has 1 aliphatic heterocycles. The first-order valence-corrected chi connectivity index (χ1v) is 6.41. The summed E-state index contributed by atoms with van der Waals surface area (Å²) in [5.41, 5.74) is 6.81. The Kier molecular flexibility index (Phi) is 4.35. The highest BCUT2D eigenvalue weighted by Crippen LogP contribution is 2.26. The normalized spacial score (nSPS) is 22.6. The maximum atomic E-state index is 13.7. The van der Waals surface area contributed by atoms with Crippen LogP contribution in [-0.4, -0.2) is 34.1 Å². The van der Waals surface area contributed by atoms with E-state index in [0.717, 1.165) is 13.0 Å². The van der Waals surface area contributed by atoms with Crippen LogP contribution in [0.15, 0.2) is 18.6 Å². The number of fused-ring (bicyclic) bond motifs is 1. The van der Waals surface area contributed by atoms with Crippen molar-refractivity contribution < 1.29 is 4.39 Å². The quantitative estimate of drug-likeness (QED) is 0.869. The van der Waals surface area contributed by atoms with E-state index in [-0.39, 0.29) is 24.0 Å². The van der Waals surface area contributed by atoms with E-state index in [1.807, 2.05) is 0 Å². The number of nitrogens with two attached hydrogens (primary N) is 1. The van der Waals surface area contributed by atoms with Crippen molar-refractivity contribution in [3.05, 3.63) is 24.4 Å². The SMILES string of the molecule is C[C@H]1C[C@@H](N)CN(c2ncc(F)c3nccnc23)C1.Cl. The minimum Gasteiger partial charge on any atom is -0.353 e. The molecule has 7 heteroatoms. The van der Waals surface area contributed by atoms with Gasteiger partial charge < -0.3 is 10.6 Å². The van der Waals surface area contributed by atoms with E-state index in [0.29, 0.717) is 23.8 Å². The first-order valence-electron chi connectivity index (χ1n) is 6.41. The first kappa shape index (κ1) is 14.9. The molecule has 0 spiro atoms. The van der Waals surface area contributed by atoms with E-state index in [9.17, 15) is 4.39 Å². The second-order valence-electron chi connectivity index (χ2n) is 5.19. The molecule has 0 saturated carbocycles. The zero-order valence-corrected chi connectivity index (χ0v) is 12.0. The third-order valence-electron chi connectivity index (χ3n) is 3.43. The molecule has 1 aliphatic rings. The summed E-state index contributed by atoms with van der Waals surface area (Å²) in [6, 6.07) is 0.113. The van der Waals surface area contributed by atoms with Crippen molar-refractivity contribution in [3.63, 3.8) is 0 Å². The molecule has 2 aromatic rings. The number of halogens is 2. The Bertz CT molecular complexity index is 598. The molecule has 5 nitrogen and oxygen atoms in total. The lowest BCUT2D eigenvalue weighted by molar-refractivity contribution is 0.400. The fourth-order valence-electron chi connectivity index (χ4n) is 2.72. The molecular formula is C13H17ClFN5. The number of nitrogens with zero attached hydrogens (tertiary/aromatic N) is 4. The van der Waals surface area contributed by atoms with E-state index in [1.54, 1.807) is 6.20 Å². The molecule has 0 radical (unpaired) electrons. The molecule has 2 aromatic heterocycles. The van der Waals surface area contributed by atoms with Crippen LogP contribution in [0.3, 0.4) is 0 Å². The molecule has 2 N–H and O–H groups in total. The fourth-order valence-corrected chi connectivity index (χ4v) is 2.72. The van der Waals surface area contributed by atoms with Gasteiger partial charge in [-0.1, -0.05) is 6.92 Å². The molecule has 0 amide bonds. The van der Waals surface area contributed by atoms with Gasteiger partial charge in [0.15, 0.2) is 11.6 Å². The van der Waals surface area contributed by atoms with Gasteiger partial charge in [0.25, 0.3) is 0 Å². The lowest BCUT2D eigenvalue weighted by atomic mass is 9.96. The fraction of sp³-hybridized carbons (Fsp3) is 0.462. The van der Waals surface area contributed by atoms with Gasteiger partial charge >= 0.3 is 0 Å². The van der Waals surface area contributed by atoms with Gasteiger partial charge in [-0.05, 0) is 12.3 Å². The standard InChI is InChI=1S/C13H16FN5.ClH/c1-8-4-9(15)7-19(6-8)13-12-11(10(14)5-18-13)16-2-3-17-12;/h2-3,5,8-9H,4,6-7,15H2,1H3;1H/t8-,9+;/m0./s1. The molecule has 0 bridgehead atoms. The lowest BCUT2D eigenvalue weighted by Gasteiger charge is -2.35. The van der Waals surface area contributed by atoms with Crippen LogP contribution in [0.2, 0.25) is 0 Å². The minimum absolute atomic E-state index is 0. The molecule has 108 valence electrons. The van der Waals surface area contributed by atoms with Gasteiger partial charge in [-0.25, -0.2) is 19.3 Å². The highest BCUT2D eigenvalue weighted by molar-refractivity contribution is 5.86. The summed E-state index contributed by atoms with van der Waals surface area (Å²) in [5, 5.41) is 0. The van der Waals surface area contributed by atoms with Gasteiger partial charge in [0.1, 0.15) is 11.0 Å². The molecular weight excluding hydrogens is 281 g/mol. The number of pyridine rings is 1. The Labute approximate surface area is 122 Å². The van der Waals surface area contributed by atoms with Crippen LogP contribution in [0.5, 0.6) is 0 Å². The molecule has 2 atom stereocenters. The Morgan fingerprint density at radius 2 is 1.90 bits per heavy atom. The second-order valence-corrected chi connectivity index (χ2v) is 5.19. The predicted molar refractivity (Wildman–Crippen MR) is 78.5 cm³/mol. The first-order chi connectivity index (χ1) is 9.15. The summed E-state index contributed by atoms with van der Waals surface area (Å²) < 4.78 is 13.7. The third kappa shape index (κ3) is 2.66. The summed E-state index contributed by atoms with van der Waals surface area (Å²) in [6.45, 7) is 3.73. The lowest BCUT2D eigenvalue weighted by Crippen LogP contribution is -2.46. The average Bonchev–Trinajstić information content (AvgIpc) is 2.38. The smallest absolute Gasteiger partial charge is 0.169 e. The van der Waals surface area contributed by atoms with Crippen LogP contribution in [0.1, 0.15) is 13.3 Å². The zero-order chi connectivity index (χ0) is 13.4. The van der Waals surface area contributed by atoms with Gasteiger partial charge in [-0.3, -0.25) is 0 Å². The number of rotatable bonds is 1. The maximum Gasteiger partial charge on any atom is 0.169 e. The van der Waals surface area contributed by atoms with Crippen LogP contribution < -0.4 is 10.6 Å². The van der Waals surface area contributed by atoms with Crippen LogP contribution in [0.4, 0.5) is 10.2 Å². The Morgan fingerprint density at radius 1 is 1.20 bits per heavy atom. The van der Waals surface area contributed by atoms with Crippen LogP contribution in [-0.2, 0) is 0 Å². The van der Waals surface area contributed by atoms with Gasteiger partial charge in [0.05, 0.1) is 6.20 Å². The highest BCUT2D eigenvalue weighted by Gasteiger charge is 2.25. The van der Waals surface area contributed by atoms with Crippen molar-refractivity contribution >= 4 is 29.3 Å². The number of piperidine rings is 1. The third-order valence-corrected chi connectivity index (χ3v) is 3.43. The average molecular weight is 298 g/mol. The highest BCUT2D eigenvalue weighted by atomic mass is 35.5. The number of anilines is 1. The van der Waals surface area contributed by atoms with Crippen LogP contribution >= 0.6 is 12.4 Å². The second kappa shape index (κ2) is 5.85. The molecule has 3 heterocycles. The Balaban J connectivity index is 0.00000147. The van der Waals surface area contributed by atoms with Gasteiger partial charge in [0, 0.05) is 31.5 Å². The Morgan fingerprint density at radius 3 is 2.60 bits per heavy atom. The van der Waals surface area contributed by atoms with E-state index in [1.165, 1.54) is 12.4 Å². The summed E-state index contributed by atoms with van der Waals surface area (Å²) in [6.07, 6.45) is 5.25. The van der Waals surface area contributed by atoms with E-state index >= 15 is 0 Å². The molecule has 1 saturated heterocycles. The van der Waals surface area contributed by atoms with Gasteiger partial charge in [0.2, 0.25) is 0 Å². The molecule has 1 fully saturated rings. The van der Waals surface area contributed by atoms with E-state index in [4.69, 9.17) is 5.73 Å². The van der Waals surface area contributed by atoms with Gasteiger partial charge in [-0.15, -0.1) is 12.4 Å². The molecule has 0 unspecified atom stereocenters. The topological polar surface area (TPSA) is 67.9 Å². The molecule has 3 rings (SSSR count). The summed E-state index contributed by atoms with van der Waals surface area (Å²) in [7, 11) is 0. The monoisotopic (exact) mass is 297 g/mol. The summed E-state index contributed by atoms with van der Waals surface area (Å²) >= 11 is 0. The molecule has 0 aromatic carbocycles. The van der Waals surface area contributed by atoms with Gasteiger partial charge in [-0.2, -0.15) is 0 Å². The van der Waals surface area contributed by atoms with Crippen LogP contribution in [0.25, 0.3) is 11.0 Å². The number of aromatic nitrogens is 3. The number of hydrogen-bond donors (Lipinski definition) is 1. The van der Waals surface area contributed by atoms with Crippen LogP contribution in [0, 0.1) is 11.7 Å². The summed E-state index contributed by atoms with van der Waals surface area (Å²) in [4.78, 5) is 14.5. The maximum absolute atomic E-state index is 13.7. The van der Waals surface area contributed by atoms with E-state index in [2.05, 4.69) is 26.8 Å². The number of hydrogen-bond acceptors (Lipinski definition) is 5. The predicted octanol–water partition coefficient (Wildman–Crippen LogP) is 1.76.